The summed E-state index contributed by atoms with van der Waals surface area (Å²) in [4.78, 5) is 21.8. The fourth-order valence-corrected chi connectivity index (χ4v) is 3.88. The summed E-state index contributed by atoms with van der Waals surface area (Å²) in [6.07, 6.45) is 5.37. The van der Waals surface area contributed by atoms with E-state index in [4.69, 9.17) is 11.6 Å². The zero-order valence-electron chi connectivity index (χ0n) is 12.2. The highest BCUT2D eigenvalue weighted by Gasteiger charge is 2.14. The standard InChI is InChI=1S/C17H10ClN3OS2/c18-11-3-1-2-4-13(11)21-14(5-6-15-19-8-10-23-15)20-12-7-9-24-16(12)17(21)22/h1-10H. The molecule has 0 atom stereocenters. The van der Waals surface area contributed by atoms with Gasteiger partial charge in [0, 0.05) is 11.6 Å². The Bertz CT molecular complexity index is 1100. The van der Waals surface area contributed by atoms with Crippen molar-refractivity contribution in [1.29, 1.82) is 0 Å². The van der Waals surface area contributed by atoms with Gasteiger partial charge in [-0.1, -0.05) is 23.7 Å². The predicted molar refractivity (Wildman–Crippen MR) is 101 cm³/mol. The lowest BCUT2D eigenvalue weighted by molar-refractivity contribution is 0.947. The molecule has 0 unspecified atom stereocenters. The van der Waals surface area contributed by atoms with Crippen LogP contribution in [0.1, 0.15) is 10.8 Å². The second-order valence-electron chi connectivity index (χ2n) is 4.90. The maximum Gasteiger partial charge on any atom is 0.276 e. The van der Waals surface area contributed by atoms with E-state index in [9.17, 15) is 4.79 Å². The molecule has 0 aliphatic rings. The van der Waals surface area contributed by atoms with Crippen LogP contribution >= 0.6 is 34.3 Å². The van der Waals surface area contributed by atoms with Crippen LogP contribution < -0.4 is 5.56 Å². The fourth-order valence-electron chi connectivity index (χ4n) is 2.37. The Kier molecular flexibility index (Phi) is 4.02. The van der Waals surface area contributed by atoms with Crippen LogP contribution in [0.15, 0.2) is 52.1 Å². The highest BCUT2D eigenvalue weighted by atomic mass is 35.5. The lowest BCUT2D eigenvalue weighted by Crippen LogP contribution is -2.21. The molecule has 0 aliphatic heterocycles. The third-order valence-corrected chi connectivity index (χ3v) is 5.38. The summed E-state index contributed by atoms with van der Waals surface area (Å²) in [6.45, 7) is 0. The molecule has 3 aromatic heterocycles. The number of hydrogen-bond donors (Lipinski definition) is 0. The smallest absolute Gasteiger partial charge is 0.267 e. The quantitative estimate of drug-likeness (QED) is 0.523. The lowest BCUT2D eigenvalue weighted by Gasteiger charge is -2.11. The Morgan fingerprint density at radius 1 is 1.08 bits per heavy atom. The Balaban J connectivity index is 1.99. The highest BCUT2D eigenvalue weighted by molar-refractivity contribution is 7.17. The SMILES string of the molecule is O=c1c2sccc2nc(C=Cc2nccs2)n1-c1ccccc1Cl. The predicted octanol–water partition coefficient (Wildman–Crippen LogP) is 4.73. The van der Waals surface area contributed by atoms with E-state index in [0.717, 1.165) is 5.01 Å². The molecule has 4 nitrogen and oxygen atoms in total. The van der Waals surface area contributed by atoms with Gasteiger partial charge in [0.1, 0.15) is 15.5 Å². The van der Waals surface area contributed by atoms with Crippen molar-refractivity contribution < 1.29 is 0 Å². The summed E-state index contributed by atoms with van der Waals surface area (Å²) in [5.74, 6) is 0.522. The van der Waals surface area contributed by atoms with E-state index in [1.165, 1.54) is 22.7 Å². The maximum atomic E-state index is 13.0. The van der Waals surface area contributed by atoms with Crippen LogP contribution in [0.5, 0.6) is 0 Å². The minimum absolute atomic E-state index is 0.123. The molecule has 0 saturated carbocycles. The summed E-state index contributed by atoms with van der Waals surface area (Å²) >= 11 is 9.21. The molecule has 0 aliphatic carbocycles. The van der Waals surface area contributed by atoms with Crippen LogP contribution in [-0.4, -0.2) is 14.5 Å². The van der Waals surface area contributed by atoms with Gasteiger partial charge in [0.2, 0.25) is 0 Å². The van der Waals surface area contributed by atoms with Crippen molar-refractivity contribution in [2.75, 3.05) is 0 Å². The van der Waals surface area contributed by atoms with Crippen molar-refractivity contribution >= 4 is 56.6 Å². The number of para-hydroxylation sites is 1. The molecule has 24 heavy (non-hydrogen) atoms. The summed E-state index contributed by atoms with van der Waals surface area (Å²) in [5, 5.41) is 5.11. The number of benzene rings is 1. The van der Waals surface area contributed by atoms with Gasteiger partial charge in [0.15, 0.2) is 0 Å². The Hall–Kier alpha value is -2.28. The van der Waals surface area contributed by atoms with Crippen molar-refractivity contribution in [2.45, 2.75) is 0 Å². The molecule has 0 bridgehead atoms. The molecule has 0 N–H and O–H groups in total. The number of aromatic nitrogens is 3. The first-order chi connectivity index (χ1) is 11.7. The zero-order chi connectivity index (χ0) is 16.5. The number of fused-ring (bicyclic) bond motifs is 1. The number of rotatable bonds is 3. The largest absolute Gasteiger partial charge is 0.276 e. The van der Waals surface area contributed by atoms with E-state index in [1.54, 1.807) is 22.9 Å². The topological polar surface area (TPSA) is 47.8 Å². The average molecular weight is 372 g/mol. The lowest BCUT2D eigenvalue weighted by atomic mass is 10.3. The minimum atomic E-state index is -0.123. The normalized spacial score (nSPS) is 11.5. The molecule has 1 aromatic carbocycles. The second kappa shape index (κ2) is 6.32. The molecule has 3 heterocycles. The van der Waals surface area contributed by atoms with Crippen molar-refractivity contribution in [3.8, 4) is 5.69 Å². The molecule has 0 fully saturated rings. The van der Waals surface area contributed by atoms with E-state index in [-0.39, 0.29) is 5.56 Å². The van der Waals surface area contributed by atoms with Gasteiger partial charge in [0.25, 0.3) is 5.56 Å². The molecular weight excluding hydrogens is 362 g/mol. The van der Waals surface area contributed by atoms with Gasteiger partial charge in [-0.25, -0.2) is 9.97 Å². The molecule has 4 rings (SSSR count). The summed E-state index contributed by atoms with van der Waals surface area (Å²) in [5.41, 5.74) is 1.18. The van der Waals surface area contributed by atoms with Crippen LogP contribution in [0.4, 0.5) is 0 Å². The second-order valence-corrected chi connectivity index (χ2v) is 7.15. The number of hydrogen-bond acceptors (Lipinski definition) is 5. The van der Waals surface area contributed by atoms with E-state index in [2.05, 4.69) is 9.97 Å². The third-order valence-electron chi connectivity index (χ3n) is 3.43. The summed E-state index contributed by atoms with van der Waals surface area (Å²) in [6, 6.07) is 9.10. The van der Waals surface area contributed by atoms with Crippen molar-refractivity contribution in [1.82, 2.24) is 14.5 Å². The first kappa shape index (κ1) is 15.3. The third kappa shape index (κ3) is 2.69. The van der Waals surface area contributed by atoms with Gasteiger partial charge < -0.3 is 0 Å². The van der Waals surface area contributed by atoms with Crippen molar-refractivity contribution in [3.63, 3.8) is 0 Å². The molecule has 0 radical (unpaired) electrons. The Labute approximate surface area is 150 Å². The van der Waals surface area contributed by atoms with E-state index < -0.39 is 0 Å². The van der Waals surface area contributed by atoms with Gasteiger partial charge in [-0.2, -0.15) is 0 Å². The molecular formula is C17H10ClN3OS2. The van der Waals surface area contributed by atoms with Gasteiger partial charge in [-0.15, -0.1) is 22.7 Å². The summed E-state index contributed by atoms with van der Waals surface area (Å²) < 4.78 is 2.16. The summed E-state index contributed by atoms with van der Waals surface area (Å²) in [7, 11) is 0. The number of thiophene rings is 1. The minimum Gasteiger partial charge on any atom is -0.267 e. The van der Waals surface area contributed by atoms with Crippen molar-refractivity contribution in [2.24, 2.45) is 0 Å². The van der Waals surface area contributed by atoms with Crippen LogP contribution in [-0.2, 0) is 0 Å². The zero-order valence-corrected chi connectivity index (χ0v) is 14.6. The first-order valence-corrected chi connectivity index (χ1v) is 9.20. The highest BCUT2D eigenvalue weighted by Crippen LogP contribution is 2.23. The molecule has 4 aromatic rings. The Morgan fingerprint density at radius 3 is 2.75 bits per heavy atom. The molecule has 0 amide bonds. The monoisotopic (exact) mass is 371 g/mol. The average Bonchev–Trinajstić information content (AvgIpc) is 3.25. The number of thiazole rings is 1. The van der Waals surface area contributed by atoms with E-state index in [0.29, 0.717) is 26.8 Å². The van der Waals surface area contributed by atoms with Crippen LogP contribution in [0.2, 0.25) is 5.02 Å². The van der Waals surface area contributed by atoms with Gasteiger partial charge in [-0.05, 0) is 35.7 Å². The Morgan fingerprint density at radius 2 is 1.96 bits per heavy atom. The molecule has 7 heteroatoms. The van der Waals surface area contributed by atoms with E-state index in [1.807, 2.05) is 41.1 Å². The molecule has 118 valence electrons. The number of nitrogens with zero attached hydrogens (tertiary/aromatic N) is 3. The van der Waals surface area contributed by atoms with Gasteiger partial charge in [0.05, 0.1) is 16.2 Å². The fraction of sp³-hybridized carbons (Fsp3) is 0. The van der Waals surface area contributed by atoms with Gasteiger partial charge >= 0.3 is 0 Å². The molecule has 0 spiro atoms. The van der Waals surface area contributed by atoms with Crippen molar-refractivity contribution in [3.05, 3.63) is 73.5 Å². The number of halogens is 1. The first-order valence-electron chi connectivity index (χ1n) is 7.07. The van der Waals surface area contributed by atoms with E-state index >= 15 is 0 Å². The maximum absolute atomic E-state index is 13.0. The molecule has 0 saturated heterocycles. The van der Waals surface area contributed by atoms with Crippen LogP contribution in [0.3, 0.4) is 0 Å². The van der Waals surface area contributed by atoms with Crippen LogP contribution in [0, 0.1) is 0 Å². The van der Waals surface area contributed by atoms with Gasteiger partial charge in [-0.3, -0.25) is 9.36 Å². The van der Waals surface area contributed by atoms with Crippen LogP contribution in [0.25, 0.3) is 28.1 Å².